The Morgan fingerprint density at radius 3 is 2.89 bits per heavy atom. The van der Waals surface area contributed by atoms with Crippen molar-refractivity contribution in [3.05, 3.63) is 34.1 Å². The van der Waals surface area contributed by atoms with Crippen LogP contribution in [-0.4, -0.2) is 11.2 Å². The van der Waals surface area contributed by atoms with Gasteiger partial charge in [0.2, 0.25) is 0 Å². The molecule has 0 heterocycles. The maximum absolute atomic E-state index is 13.5. The third-order valence-electron chi connectivity index (χ3n) is 4.26. The summed E-state index contributed by atoms with van der Waals surface area (Å²) in [5.41, 5.74) is 0.973. The Labute approximate surface area is 123 Å². The van der Waals surface area contributed by atoms with Crippen molar-refractivity contribution < 1.29 is 9.50 Å². The Bertz CT molecular complexity index is 421. The fourth-order valence-corrected chi connectivity index (χ4v) is 3.65. The lowest BCUT2D eigenvalue weighted by atomic mass is 9.75. The highest BCUT2D eigenvalue weighted by Crippen LogP contribution is 2.35. The molecule has 1 N–H and O–H groups in total. The van der Waals surface area contributed by atoms with Crippen molar-refractivity contribution in [3.63, 3.8) is 0 Å². The van der Waals surface area contributed by atoms with Gasteiger partial charge in [-0.25, -0.2) is 4.39 Å². The van der Waals surface area contributed by atoms with Crippen LogP contribution in [0.2, 0.25) is 0 Å². The van der Waals surface area contributed by atoms with E-state index in [0.29, 0.717) is 4.47 Å². The van der Waals surface area contributed by atoms with Crippen molar-refractivity contribution in [1.29, 1.82) is 0 Å². The van der Waals surface area contributed by atoms with E-state index >= 15 is 0 Å². The van der Waals surface area contributed by atoms with E-state index in [1.54, 1.807) is 6.07 Å². The minimum atomic E-state index is -0.233. The molecule has 0 aromatic heterocycles. The second-order valence-electron chi connectivity index (χ2n) is 5.71. The molecule has 0 saturated heterocycles. The molecule has 0 bridgehead atoms. The fraction of sp³-hybridized carbons (Fsp3) is 0.625. The van der Waals surface area contributed by atoms with Gasteiger partial charge in [0.1, 0.15) is 5.82 Å². The molecule has 0 spiro atoms. The van der Waals surface area contributed by atoms with Gasteiger partial charge in [-0.1, -0.05) is 31.9 Å². The zero-order valence-electron chi connectivity index (χ0n) is 11.4. The molecule has 0 radical (unpaired) electrons. The minimum Gasteiger partial charge on any atom is -0.393 e. The van der Waals surface area contributed by atoms with E-state index in [4.69, 9.17) is 0 Å². The first-order valence-electron chi connectivity index (χ1n) is 7.22. The summed E-state index contributed by atoms with van der Waals surface area (Å²) in [6.07, 6.45) is 6.07. The molecule has 2 rings (SSSR count). The zero-order chi connectivity index (χ0) is 13.8. The summed E-state index contributed by atoms with van der Waals surface area (Å²) in [6.45, 7) is 2.21. The van der Waals surface area contributed by atoms with Gasteiger partial charge < -0.3 is 5.11 Å². The second kappa shape index (κ2) is 6.85. The van der Waals surface area contributed by atoms with Gasteiger partial charge in [0.15, 0.2) is 0 Å². The lowest BCUT2D eigenvalue weighted by Gasteiger charge is -2.33. The van der Waals surface area contributed by atoms with Gasteiger partial charge in [0.25, 0.3) is 0 Å². The molecule has 3 atom stereocenters. The van der Waals surface area contributed by atoms with Crippen molar-refractivity contribution >= 4 is 15.9 Å². The molecule has 1 aromatic rings. The smallest absolute Gasteiger partial charge is 0.137 e. The number of benzene rings is 1. The predicted octanol–water partition coefficient (Wildman–Crippen LogP) is 4.71. The molecule has 0 aliphatic heterocycles. The highest BCUT2D eigenvalue weighted by atomic mass is 79.9. The van der Waals surface area contributed by atoms with Crippen LogP contribution in [0.15, 0.2) is 22.7 Å². The number of rotatable bonds is 4. The molecular formula is C16H22BrFO. The molecule has 1 saturated carbocycles. The lowest BCUT2D eigenvalue weighted by Crippen LogP contribution is -2.30. The van der Waals surface area contributed by atoms with Crippen LogP contribution in [0, 0.1) is 17.7 Å². The van der Waals surface area contributed by atoms with Gasteiger partial charge >= 0.3 is 0 Å². The fourth-order valence-electron chi connectivity index (χ4n) is 3.22. The summed E-state index contributed by atoms with van der Waals surface area (Å²) in [4.78, 5) is 0. The van der Waals surface area contributed by atoms with Crippen LogP contribution in [-0.2, 0) is 6.42 Å². The molecule has 1 aliphatic rings. The van der Waals surface area contributed by atoms with Crippen molar-refractivity contribution in [2.45, 2.75) is 51.6 Å². The summed E-state index contributed by atoms with van der Waals surface area (Å²) in [6, 6.07) is 5.16. The van der Waals surface area contributed by atoms with Crippen LogP contribution >= 0.6 is 15.9 Å². The van der Waals surface area contributed by atoms with Gasteiger partial charge in [-0.2, -0.15) is 0 Å². The first-order chi connectivity index (χ1) is 9.11. The molecule has 106 valence electrons. The van der Waals surface area contributed by atoms with E-state index in [9.17, 15) is 9.50 Å². The summed E-state index contributed by atoms with van der Waals surface area (Å²) in [5, 5.41) is 10.2. The first-order valence-corrected chi connectivity index (χ1v) is 8.02. The number of aliphatic hydroxyl groups excluding tert-OH is 1. The average molecular weight is 329 g/mol. The maximum atomic E-state index is 13.5. The quantitative estimate of drug-likeness (QED) is 0.848. The summed E-state index contributed by atoms with van der Waals surface area (Å²) < 4.78 is 14.1. The van der Waals surface area contributed by atoms with Gasteiger partial charge in [0, 0.05) is 0 Å². The molecule has 3 heteroatoms. The third-order valence-corrected chi connectivity index (χ3v) is 5.15. The Morgan fingerprint density at radius 1 is 1.37 bits per heavy atom. The van der Waals surface area contributed by atoms with Crippen LogP contribution in [0.4, 0.5) is 4.39 Å². The van der Waals surface area contributed by atoms with Crippen molar-refractivity contribution in [3.8, 4) is 0 Å². The van der Waals surface area contributed by atoms with E-state index in [0.717, 1.165) is 37.2 Å². The van der Waals surface area contributed by atoms with Crippen LogP contribution in [0.1, 0.15) is 44.6 Å². The number of hydrogen-bond donors (Lipinski definition) is 1. The van der Waals surface area contributed by atoms with E-state index in [-0.39, 0.29) is 17.8 Å². The number of hydrogen-bond acceptors (Lipinski definition) is 1. The van der Waals surface area contributed by atoms with Crippen LogP contribution in [0.25, 0.3) is 0 Å². The molecule has 19 heavy (non-hydrogen) atoms. The third kappa shape index (κ3) is 3.79. The van der Waals surface area contributed by atoms with Gasteiger partial charge in [-0.3, -0.25) is 0 Å². The lowest BCUT2D eigenvalue weighted by molar-refractivity contribution is 0.0462. The average Bonchev–Trinajstić information content (AvgIpc) is 2.39. The molecular weight excluding hydrogens is 307 g/mol. The zero-order valence-corrected chi connectivity index (χ0v) is 13.0. The maximum Gasteiger partial charge on any atom is 0.137 e. The largest absolute Gasteiger partial charge is 0.393 e. The normalized spacial score (nSPS) is 27.5. The molecule has 0 amide bonds. The first kappa shape index (κ1) is 15.0. The van der Waals surface area contributed by atoms with Crippen LogP contribution < -0.4 is 0 Å². The molecule has 3 unspecified atom stereocenters. The van der Waals surface area contributed by atoms with E-state index in [2.05, 4.69) is 22.9 Å². The van der Waals surface area contributed by atoms with Crippen LogP contribution in [0.3, 0.4) is 0 Å². The van der Waals surface area contributed by atoms with Crippen molar-refractivity contribution in [2.75, 3.05) is 0 Å². The summed E-state index contributed by atoms with van der Waals surface area (Å²) in [7, 11) is 0. The van der Waals surface area contributed by atoms with E-state index < -0.39 is 0 Å². The Morgan fingerprint density at radius 2 is 2.16 bits per heavy atom. The van der Waals surface area contributed by atoms with Gasteiger partial charge in [0.05, 0.1) is 10.6 Å². The summed E-state index contributed by atoms with van der Waals surface area (Å²) >= 11 is 3.32. The Kier molecular flexibility index (Phi) is 5.40. The predicted molar refractivity (Wildman–Crippen MR) is 79.5 cm³/mol. The monoisotopic (exact) mass is 328 g/mol. The van der Waals surface area contributed by atoms with E-state index in [1.807, 2.05) is 6.07 Å². The molecule has 1 aliphatic carbocycles. The second-order valence-corrected chi connectivity index (χ2v) is 6.51. The van der Waals surface area contributed by atoms with Gasteiger partial charge in [-0.05, 0) is 65.1 Å². The SMILES string of the molecule is CCCC1CCC(O)C(Cc2cccc(F)c2Br)C1. The number of aliphatic hydroxyl groups is 1. The molecule has 1 nitrogen and oxygen atoms in total. The molecule has 1 fully saturated rings. The van der Waals surface area contributed by atoms with Crippen LogP contribution in [0.5, 0.6) is 0 Å². The summed E-state index contributed by atoms with van der Waals surface area (Å²) in [5.74, 6) is 0.780. The standard InChI is InChI=1S/C16H22BrFO/c1-2-4-11-7-8-15(19)13(9-11)10-12-5-3-6-14(18)16(12)17/h3,5-6,11,13,15,19H,2,4,7-10H2,1H3. The highest BCUT2D eigenvalue weighted by molar-refractivity contribution is 9.10. The minimum absolute atomic E-state index is 0.215. The number of halogens is 2. The Hall–Kier alpha value is -0.410. The van der Waals surface area contributed by atoms with Crippen molar-refractivity contribution in [1.82, 2.24) is 0 Å². The topological polar surface area (TPSA) is 20.2 Å². The molecule has 1 aromatic carbocycles. The van der Waals surface area contributed by atoms with Crippen molar-refractivity contribution in [2.24, 2.45) is 11.8 Å². The van der Waals surface area contributed by atoms with E-state index in [1.165, 1.54) is 18.9 Å². The highest BCUT2D eigenvalue weighted by Gasteiger charge is 2.29. The Balaban J connectivity index is 2.05. The van der Waals surface area contributed by atoms with Gasteiger partial charge in [-0.15, -0.1) is 0 Å².